The maximum Gasteiger partial charge on any atom is 0.100 e. The smallest absolute Gasteiger partial charge is 0.100 e. The molecular weight excluding hydrogens is 270 g/mol. The van der Waals surface area contributed by atoms with E-state index in [-0.39, 0.29) is 6.10 Å². The van der Waals surface area contributed by atoms with E-state index in [2.05, 4.69) is 54.4 Å². The quantitative estimate of drug-likeness (QED) is 0.810. The molecule has 0 aromatic heterocycles. The van der Waals surface area contributed by atoms with Crippen molar-refractivity contribution < 1.29 is 4.74 Å². The van der Waals surface area contributed by atoms with Crippen molar-refractivity contribution in [2.24, 2.45) is 0 Å². The van der Waals surface area contributed by atoms with Crippen LogP contribution in [0.25, 0.3) is 0 Å². The van der Waals surface area contributed by atoms with Crippen LogP contribution in [0.15, 0.2) is 54.6 Å². The highest BCUT2D eigenvalue weighted by Crippen LogP contribution is 2.36. The van der Waals surface area contributed by atoms with Crippen molar-refractivity contribution in [3.63, 3.8) is 0 Å². The fourth-order valence-electron chi connectivity index (χ4n) is 2.72. The lowest BCUT2D eigenvalue weighted by Crippen LogP contribution is -2.34. The van der Waals surface area contributed by atoms with E-state index in [1.54, 1.807) is 0 Å². The van der Waals surface area contributed by atoms with Gasteiger partial charge in [-0.3, -0.25) is 4.90 Å². The fourth-order valence-corrected chi connectivity index (χ4v) is 2.85. The molecule has 0 N–H and O–H groups in total. The Morgan fingerprint density at radius 2 is 1.70 bits per heavy atom. The fraction of sp³-hybridized carbons (Fsp3) is 0.294. The van der Waals surface area contributed by atoms with Gasteiger partial charge in [-0.05, 0) is 36.7 Å². The Labute approximate surface area is 124 Å². The molecule has 2 atom stereocenters. The van der Waals surface area contributed by atoms with Crippen LogP contribution < -0.4 is 0 Å². The second-order valence-electron chi connectivity index (χ2n) is 5.26. The van der Waals surface area contributed by atoms with E-state index in [1.807, 2.05) is 12.1 Å². The molecule has 0 spiro atoms. The Kier molecular flexibility index (Phi) is 4.06. The van der Waals surface area contributed by atoms with Gasteiger partial charge in [0.25, 0.3) is 0 Å². The van der Waals surface area contributed by atoms with E-state index < -0.39 is 0 Å². The van der Waals surface area contributed by atoms with Crippen LogP contribution in [0.4, 0.5) is 0 Å². The normalized spacial score (nSPS) is 23.7. The van der Waals surface area contributed by atoms with Gasteiger partial charge in [0.2, 0.25) is 0 Å². The number of rotatable bonds is 2. The van der Waals surface area contributed by atoms with Gasteiger partial charge in [0.1, 0.15) is 6.73 Å². The number of benzene rings is 2. The monoisotopic (exact) mass is 287 g/mol. The molecule has 1 heterocycles. The van der Waals surface area contributed by atoms with Gasteiger partial charge in [0.05, 0.1) is 6.10 Å². The van der Waals surface area contributed by atoms with Gasteiger partial charge in [-0.15, -0.1) is 0 Å². The summed E-state index contributed by atoms with van der Waals surface area (Å²) in [7, 11) is 2.11. The third kappa shape index (κ3) is 2.88. The molecule has 104 valence electrons. The van der Waals surface area contributed by atoms with Crippen LogP contribution in [0.5, 0.6) is 0 Å². The minimum Gasteiger partial charge on any atom is -0.358 e. The first kappa shape index (κ1) is 13.6. The van der Waals surface area contributed by atoms with Gasteiger partial charge in [-0.25, -0.2) is 0 Å². The lowest BCUT2D eigenvalue weighted by Gasteiger charge is -2.37. The first-order valence-corrected chi connectivity index (χ1v) is 7.24. The van der Waals surface area contributed by atoms with Crippen LogP contribution in [0, 0.1) is 0 Å². The molecule has 0 unspecified atom stereocenters. The summed E-state index contributed by atoms with van der Waals surface area (Å²) in [6.45, 7) is 0.646. The summed E-state index contributed by atoms with van der Waals surface area (Å²) in [6.07, 6.45) is 1.09. The Morgan fingerprint density at radius 3 is 2.40 bits per heavy atom. The topological polar surface area (TPSA) is 12.5 Å². The summed E-state index contributed by atoms with van der Waals surface area (Å²) in [4.78, 5) is 2.25. The molecule has 1 aliphatic heterocycles. The average molecular weight is 288 g/mol. The van der Waals surface area contributed by atoms with Crippen molar-refractivity contribution in [1.29, 1.82) is 0 Å². The predicted molar refractivity (Wildman–Crippen MR) is 81.7 cm³/mol. The van der Waals surface area contributed by atoms with Crippen LogP contribution >= 0.6 is 11.6 Å². The van der Waals surface area contributed by atoms with Crippen LogP contribution in [0.1, 0.15) is 29.7 Å². The SMILES string of the molecule is CN1CO[C@H](c2ccc(Cl)cc2)C[C@@H]1c1ccccc1. The third-order valence-electron chi connectivity index (χ3n) is 3.87. The van der Waals surface area contributed by atoms with Gasteiger partial charge in [0, 0.05) is 11.1 Å². The average Bonchev–Trinajstić information content (AvgIpc) is 2.50. The van der Waals surface area contributed by atoms with Crippen molar-refractivity contribution >= 4 is 11.6 Å². The number of ether oxygens (including phenoxy) is 1. The molecule has 2 aromatic carbocycles. The minimum atomic E-state index is 0.133. The molecule has 2 aromatic rings. The Morgan fingerprint density at radius 1 is 1.00 bits per heavy atom. The number of hydrogen-bond donors (Lipinski definition) is 0. The minimum absolute atomic E-state index is 0.133. The van der Waals surface area contributed by atoms with E-state index in [1.165, 1.54) is 11.1 Å². The Hall–Kier alpha value is -1.35. The first-order chi connectivity index (χ1) is 9.74. The third-order valence-corrected chi connectivity index (χ3v) is 4.13. The van der Waals surface area contributed by atoms with E-state index >= 15 is 0 Å². The molecule has 0 saturated carbocycles. The summed E-state index contributed by atoms with van der Waals surface area (Å²) in [6, 6.07) is 19.0. The zero-order valence-electron chi connectivity index (χ0n) is 11.5. The van der Waals surface area contributed by atoms with Crippen LogP contribution in [-0.2, 0) is 4.74 Å². The zero-order chi connectivity index (χ0) is 13.9. The van der Waals surface area contributed by atoms with Gasteiger partial charge >= 0.3 is 0 Å². The van der Waals surface area contributed by atoms with E-state index in [9.17, 15) is 0 Å². The molecule has 0 bridgehead atoms. The zero-order valence-corrected chi connectivity index (χ0v) is 12.3. The number of halogens is 1. The highest BCUT2D eigenvalue weighted by atomic mass is 35.5. The van der Waals surface area contributed by atoms with Crippen molar-refractivity contribution in [2.75, 3.05) is 13.8 Å². The molecule has 1 aliphatic rings. The predicted octanol–water partition coefficient (Wildman–Crippen LogP) is 4.43. The second kappa shape index (κ2) is 5.96. The summed E-state index contributed by atoms with van der Waals surface area (Å²) in [5.41, 5.74) is 2.54. The van der Waals surface area contributed by atoms with Crippen molar-refractivity contribution in [2.45, 2.75) is 18.6 Å². The summed E-state index contributed by atoms with van der Waals surface area (Å²) < 4.78 is 5.95. The lowest BCUT2D eigenvalue weighted by molar-refractivity contribution is -0.0890. The summed E-state index contributed by atoms with van der Waals surface area (Å²) in [5.74, 6) is 0. The molecule has 3 rings (SSSR count). The molecule has 2 nitrogen and oxygen atoms in total. The van der Waals surface area contributed by atoms with Crippen LogP contribution in [0.2, 0.25) is 5.02 Å². The highest BCUT2D eigenvalue weighted by Gasteiger charge is 2.28. The standard InChI is InChI=1S/C17H18ClNO/c1-19-12-20-17(14-7-9-15(18)10-8-14)11-16(19)13-5-3-2-4-6-13/h2-10,16-17H,11-12H2,1H3/t16-,17+/m1/s1. The van der Waals surface area contributed by atoms with E-state index in [0.717, 1.165) is 11.4 Å². The molecule has 0 radical (unpaired) electrons. The molecule has 3 heteroatoms. The van der Waals surface area contributed by atoms with Gasteiger partial charge < -0.3 is 4.74 Å². The van der Waals surface area contributed by atoms with Gasteiger partial charge in [-0.1, -0.05) is 54.1 Å². The van der Waals surface area contributed by atoms with Crippen molar-refractivity contribution in [1.82, 2.24) is 4.90 Å². The molecule has 1 fully saturated rings. The largest absolute Gasteiger partial charge is 0.358 e. The first-order valence-electron chi connectivity index (χ1n) is 6.86. The summed E-state index contributed by atoms with van der Waals surface area (Å²) >= 11 is 5.95. The van der Waals surface area contributed by atoms with Crippen LogP contribution in [-0.4, -0.2) is 18.7 Å². The van der Waals surface area contributed by atoms with Crippen LogP contribution in [0.3, 0.4) is 0 Å². The maximum atomic E-state index is 5.95. The molecule has 0 aliphatic carbocycles. The summed E-state index contributed by atoms with van der Waals surface area (Å²) in [5, 5.41) is 0.765. The van der Waals surface area contributed by atoms with E-state index in [4.69, 9.17) is 16.3 Å². The van der Waals surface area contributed by atoms with Crippen molar-refractivity contribution in [3.05, 3.63) is 70.7 Å². The van der Waals surface area contributed by atoms with E-state index in [0.29, 0.717) is 12.8 Å². The molecule has 1 saturated heterocycles. The Bertz CT molecular complexity index is 555. The molecule has 20 heavy (non-hydrogen) atoms. The van der Waals surface area contributed by atoms with Gasteiger partial charge in [-0.2, -0.15) is 0 Å². The van der Waals surface area contributed by atoms with Gasteiger partial charge in [0.15, 0.2) is 0 Å². The number of hydrogen-bond acceptors (Lipinski definition) is 2. The molecular formula is C17H18ClNO. The maximum absolute atomic E-state index is 5.95. The lowest BCUT2D eigenvalue weighted by atomic mass is 9.95. The molecule has 0 amide bonds. The Balaban J connectivity index is 1.81. The highest BCUT2D eigenvalue weighted by molar-refractivity contribution is 6.30. The van der Waals surface area contributed by atoms with Crippen molar-refractivity contribution in [3.8, 4) is 0 Å². The second-order valence-corrected chi connectivity index (χ2v) is 5.69. The number of nitrogens with zero attached hydrogens (tertiary/aromatic N) is 1.